The summed E-state index contributed by atoms with van der Waals surface area (Å²) in [6.07, 6.45) is 6.73. The molecule has 114 valence electrons. The quantitative estimate of drug-likeness (QED) is 0.922. The van der Waals surface area contributed by atoms with E-state index in [0.29, 0.717) is 11.6 Å². The number of hydrogen-bond acceptors (Lipinski definition) is 4. The predicted molar refractivity (Wildman–Crippen MR) is 83.5 cm³/mol. The summed E-state index contributed by atoms with van der Waals surface area (Å²) in [6, 6.07) is 5.03. The lowest BCUT2D eigenvalue weighted by Gasteiger charge is -2.35. The van der Waals surface area contributed by atoms with Crippen molar-refractivity contribution in [2.45, 2.75) is 37.8 Å². The van der Waals surface area contributed by atoms with E-state index in [9.17, 15) is 4.79 Å². The van der Waals surface area contributed by atoms with Crippen LogP contribution < -0.4 is 5.32 Å². The van der Waals surface area contributed by atoms with Crippen molar-refractivity contribution in [3.8, 4) is 0 Å². The molecule has 5 nitrogen and oxygen atoms in total. The zero-order chi connectivity index (χ0) is 14.8. The molecule has 0 radical (unpaired) electrons. The molecule has 1 amide bonds. The average Bonchev–Trinajstić information content (AvgIpc) is 2.95. The van der Waals surface area contributed by atoms with E-state index in [0.717, 1.165) is 11.9 Å². The molecular formula is C16H24N4O. The Bertz CT molecular complexity index is 500. The van der Waals surface area contributed by atoms with Crippen LogP contribution in [0.3, 0.4) is 0 Å². The molecule has 0 aliphatic carbocycles. The zero-order valence-corrected chi connectivity index (χ0v) is 12.9. The summed E-state index contributed by atoms with van der Waals surface area (Å²) in [7, 11) is 3.51. The topological polar surface area (TPSA) is 48.5 Å². The van der Waals surface area contributed by atoms with Crippen molar-refractivity contribution < 1.29 is 4.79 Å². The van der Waals surface area contributed by atoms with Gasteiger partial charge in [0.15, 0.2) is 0 Å². The Kier molecular flexibility index (Phi) is 4.10. The number of hydrogen-bond donors (Lipinski definition) is 1. The number of amides is 1. The van der Waals surface area contributed by atoms with E-state index < -0.39 is 0 Å². The second kappa shape index (κ2) is 6.02. The lowest BCUT2D eigenvalue weighted by Crippen LogP contribution is -2.42. The first kappa shape index (κ1) is 14.3. The Morgan fingerprint density at radius 2 is 2.19 bits per heavy atom. The first-order chi connectivity index (χ1) is 10.1. The van der Waals surface area contributed by atoms with Gasteiger partial charge in [0, 0.05) is 38.9 Å². The smallest absolute Gasteiger partial charge is 0.254 e. The van der Waals surface area contributed by atoms with Gasteiger partial charge in [0.05, 0.1) is 5.56 Å². The summed E-state index contributed by atoms with van der Waals surface area (Å²) in [5, 5.41) is 3.53. The van der Waals surface area contributed by atoms with Gasteiger partial charge < -0.3 is 15.1 Å². The Balaban J connectivity index is 1.59. The first-order valence-electron chi connectivity index (χ1n) is 7.82. The van der Waals surface area contributed by atoms with Gasteiger partial charge in [-0.3, -0.25) is 4.79 Å². The maximum atomic E-state index is 11.8. The van der Waals surface area contributed by atoms with Crippen molar-refractivity contribution >= 4 is 11.7 Å². The monoisotopic (exact) mass is 288 g/mol. The van der Waals surface area contributed by atoms with Crippen LogP contribution in [0.25, 0.3) is 0 Å². The zero-order valence-electron chi connectivity index (χ0n) is 12.9. The fraction of sp³-hybridized carbons (Fsp3) is 0.625. The van der Waals surface area contributed by atoms with E-state index in [-0.39, 0.29) is 5.91 Å². The average molecular weight is 288 g/mol. The maximum absolute atomic E-state index is 11.8. The van der Waals surface area contributed by atoms with Crippen LogP contribution in [0.15, 0.2) is 18.3 Å². The minimum atomic E-state index is -0.00619. The standard InChI is InChI=1S/C16H24N4O/c1-19(2)16(21)12-5-6-15(17-11-12)18-13-7-9-20-8-3-4-14(20)10-13/h5-6,11,13-14H,3-4,7-10H2,1-2H3,(H,17,18). The minimum absolute atomic E-state index is 0.00619. The Morgan fingerprint density at radius 1 is 1.33 bits per heavy atom. The van der Waals surface area contributed by atoms with Crippen molar-refractivity contribution in [2.24, 2.45) is 0 Å². The molecule has 2 saturated heterocycles. The molecule has 0 bridgehead atoms. The van der Waals surface area contributed by atoms with Crippen molar-refractivity contribution in [1.29, 1.82) is 0 Å². The number of nitrogens with zero attached hydrogens (tertiary/aromatic N) is 3. The number of fused-ring (bicyclic) bond motifs is 1. The molecule has 0 aromatic carbocycles. The fourth-order valence-electron chi connectivity index (χ4n) is 3.43. The van der Waals surface area contributed by atoms with Crippen LogP contribution in [0.5, 0.6) is 0 Å². The number of aromatic nitrogens is 1. The molecule has 5 heteroatoms. The van der Waals surface area contributed by atoms with E-state index in [4.69, 9.17) is 0 Å². The number of carbonyl (C=O) groups excluding carboxylic acids is 1. The van der Waals surface area contributed by atoms with E-state index in [1.54, 1.807) is 25.2 Å². The summed E-state index contributed by atoms with van der Waals surface area (Å²) < 4.78 is 0. The van der Waals surface area contributed by atoms with E-state index in [1.165, 1.54) is 38.8 Å². The third kappa shape index (κ3) is 3.18. The highest BCUT2D eigenvalue weighted by molar-refractivity contribution is 5.93. The normalized spacial score (nSPS) is 25.4. The molecule has 3 heterocycles. The third-order valence-corrected chi connectivity index (χ3v) is 4.59. The molecule has 21 heavy (non-hydrogen) atoms. The van der Waals surface area contributed by atoms with Crippen molar-refractivity contribution in [3.63, 3.8) is 0 Å². The molecule has 1 N–H and O–H groups in total. The second-order valence-corrected chi connectivity index (χ2v) is 6.33. The number of nitrogens with one attached hydrogen (secondary N) is 1. The maximum Gasteiger partial charge on any atom is 0.254 e. The molecule has 2 atom stereocenters. The minimum Gasteiger partial charge on any atom is -0.367 e. The highest BCUT2D eigenvalue weighted by atomic mass is 16.2. The Morgan fingerprint density at radius 3 is 2.90 bits per heavy atom. The number of piperidine rings is 1. The van der Waals surface area contributed by atoms with Crippen LogP contribution in [-0.4, -0.2) is 60.0 Å². The molecule has 2 fully saturated rings. The molecule has 2 aliphatic heterocycles. The summed E-state index contributed by atoms with van der Waals surface area (Å²) >= 11 is 0. The molecule has 2 unspecified atom stereocenters. The highest BCUT2D eigenvalue weighted by Crippen LogP contribution is 2.28. The van der Waals surface area contributed by atoms with Gasteiger partial charge >= 0.3 is 0 Å². The third-order valence-electron chi connectivity index (χ3n) is 4.59. The van der Waals surface area contributed by atoms with Crippen LogP contribution in [0.1, 0.15) is 36.0 Å². The number of pyridine rings is 1. The van der Waals surface area contributed by atoms with Crippen LogP contribution >= 0.6 is 0 Å². The molecular weight excluding hydrogens is 264 g/mol. The van der Waals surface area contributed by atoms with Crippen LogP contribution in [0.2, 0.25) is 0 Å². The van der Waals surface area contributed by atoms with Gasteiger partial charge in [0.2, 0.25) is 0 Å². The second-order valence-electron chi connectivity index (χ2n) is 6.33. The van der Waals surface area contributed by atoms with Crippen LogP contribution in [-0.2, 0) is 0 Å². The van der Waals surface area contributed by atoms with Crippen molar-refractivity contribution in [2.75, 3.05) is 32.5 Å². The Hall–Kier alpha value is -1.62. The first-order valence-corrected chi connectivity index (χ1v) is 7.82. The lowest BCUT2D eigenvalue weighted by atomic mass is 9.97. The summed E-state index contributed by atoms with van der Waals surface area (Å²) in [6.45, 7) is 2.47. The van der Waals surface area contributed by atoms with Gasteiger partial charge in [-0.15, -0.1) is 0 Å². The SMILES string of the molecule is CN(C)C(=O)c1ccc(NC2CCN3CCCC3C2)nc1. The summed E-state index contributed by atoms with van der Waals surface area (Å²) in [4.78, 5) is 20.4. The van der Waals surface area contributed by atoms with Crippen LogP contribution in [0.4, 0.5) is 5.82 Å². The summed E-state index contributed by atoms with van der Waals surface area (Å²) in [5.74, 6) is 0.870. The van der Waals surface area contributed by atoms with Gasteiger partial charge in [-0.2, -0.15) is 0 Å². The van der Waals surface area contributed by atoms with E-state index in [1.807, 2.05) is 12.1 Å². The molecule has 1 aromatic rings. The summed E-state index contributed by atoms with van der Waals surface area (Å²) in [5.41, 5.74) is 0.635. The van der Waals surface area contributed by atoms with Crippen molar-refractivity contribution in [3.05, 3.63) is 23.9 Å². The van der Waals surface area contributed by atoms with E-state index in [2.05, 4.69) is 15.2 Å². The number of carbonyl (C=O) groups is 1. The van der Waals surface area contributed by atoms with Crippen LogP contribution in [0, 0.1) is 0 Å². The number of rotatable bonds is 3. The molecule has 1 aromatic heterocycles. The van der Waals surface area contributed by atoms with Crippen molar-refractivity contribution in [1.82, 2.24) is 14.8 Å². The Labute approximate surface area is 126 Å². The lowest BCUT2D eigenvalue weighted by molar-refractivity contribution is 0.0827. The van der Waals surface area contributed by atoms with Gasteiger partial charge in [0.25, 0.3) is 5.91 Å². The van der Waals surface area contributed by atoms with Gasteiger partial charge in [-0.1, -0.05) is 0 Å². The molecule has 0 saturated carbocycles. The van der Waals surface area contributed by atoms with E-state index >= 15 is 0 Å². The molecule has 0 spiro atoms. The van der Waals surface area contributed by atoms with Gasteiger partial charge in [-0.25, -0.2) is 4.98 Å². The predicted octanol–water partition coefficient (Wildman–Crippen LogP) is 1.82. The van der Waals surface area contributed by atoms with Gasteiger partial charge in [-0.05, 0) is 44.4 Å². The van der Waals surface area contributed by atoms with Gasteiger partial charge in [0.1, 0.15) is 5.82 Å². The largest absolute Gasteiger partial charge is 0.367 e. The highest BCUT2D eigenvalue weighted by Gasteiger charge is 2.31. The molecule has 2 aliphatic rings. The fourth-order valence-corrected chi connectivity index (χ4v) is 3.43. The molecule has 3 rings (SSSR count). The number of anilines is 1.